The molecule has 0 unspecified atom stereocenters. The number of hydrogen-bond donors (Lipinski definition) is 0. The minimum absolute atomic E-state index is 0.0271. The summed E-state index contributed by atoms with van der Waals surface area (Å²) in [6.07, 6.45) is 1.15. The SMILES string of the molecule is Cc1oc2cc(OCCN3C[C@@H]4C[C@@H](C3)c3cccc(=O)n3C4)ccc2c(=O)c1-c1ccccc1. The summed E-state index contributed by atoms with van der Waals surface area (Å²) in [5.41, 5.74) is 3.25. The first-order chi connectivity index (χ1) is 17.1. The second-order valence-corrected chi connectivity index (χ2v) is 9.69. The molecule has 0 aliphatic carbocycles. The van der Waals surface area contributed by atoms with Crippen LogP contribution in [-0.2, 0) is 6.54 Å². The van der Waals surface area contributed by atoms with E-state index in [2.05, 4.69) is 11.0 Å². The highest BCUT2D eigenvalue weighted by molar-refractivity contribution is 5.83. The molecular formula is C29H28N2O4. The fraction of sp³-hybridized carbons (Fsp3) is 0.310. The van der Waals surface area contributed by atoms with Crippen molar-refractivity contribution in [1.82, 2.24) is 9.47 Å². The molecule has 2 aliphatic heterocycles. The summed E-state index contributed by atoms with van der Waals surface area (Å²) in [6, 6.07) is 20.7. The monoisotopic (exact) mass is 468 g/mol. The minimum Gasteiger partial charge on any atom is -0.492 e. The summed E-state index contributed by atoms with van der Waals surface area (Å²) in [7, 11) is 0. The van der Waals surface area contributed by atoms with Crippen molar-refractivity contribution in [3.8, 4) is 16.9 Å². The Labute approximate surface area is 203 Å². The lowest BCUT2D eigenvalue weighted by molar-refractivity contribution is 0.104. The molecule has 0 N–H and O–H groups in total. The maximum Gasteiger partial charge on any atom is 0.250 e. The van der Waals surface area contributed by atoms with Crippen LogP contribution in [0.1, 0.15) is 23.8 Å². The zero-order chi connectivity index (χ0) is 23.9. The van der Waals surface area contributed by atoms with E-state index in [1.54, 1.807) is 12.1 Å². The van der Waals surface area contributed by atoms with Crippen molar-refractivity contribution >= 4 is 11.0 Å². The molecule has 0 spiro atoms. The van der Waals surface area contributed by atoms with E-state index in [1.807, 2.05) is 60.0 Å². The van der Waals surface area contributed by atoms with Crippen LogP contribution in [0.15, 0.2) is 80.7 Å². The maximum atomic E-state index is 13.2. The molecule has 178 valence electrons. The second-order valence-electron chi connectivity index (χ2n) is 9.69. The number of aromatic nitrogens is 1. The van der Waals surface area contributed by atoms with Crippen LogP contribution in [0.4, 0.5) is 0 Å². The molecule has 4 heterocycles. The van der Waals surface area contributed by atoms with Crippen molar-refractivity contribution in [3.05, 3.63) is 98.8 Å². The molecule has 2 aliphatic rings. The van der Waals surface area contributed by atoms with Gasteiger partial charge in [-0.2, -0.15) is 0 Å². The van der Waals surface area contributed by atoms with Crippen molar-refractivity contribution in [2.24, 2.45) is 5.92 Å². The van der Waals surface area contributed by atoms with Gasteiger partial charge in [-0.3, -0.25) is 14.5 Å². The Morgan fingerprint density at radius 2 is 1.83 bits per heavy atom. The molecule has 1 fully saturated rings. The van der Waals surface area contributed by atoms with E-state index in [0.29, 0.717) is 46.5 Å². The molecular weight excluding hydrogens is 440 g/mol. The Morgan fingerprint density at radius 1 is 0.971 bits per heavy atom. The first-order valence-electron chi connectivity index (χ1n) is 12.2. The molecule has 0 saturated carbocycles. The van der Waals surface area contributed by atoms with Gasteiger partial charge in [-0.1, -0.05) is 36.4 Å². The summed E-state index contributed by atoms with van der Waals surface area (Å²) in [4.78, 5) is 27.8. The van der Waals surface area contributed by atoms with Crippen LogP contribution in [0.3, 0.4) is 0 Å². The Morgan fingerprint density at radius 3 is 2.69 bits per heavy atom. The van der Waals surface area contributed by atoms with Gasteiger partial charge in [-0.25, -0.2) is 0 Å². The van der Waals surface area contributed by atoms with E-state index in [9.17, 15) is 9.59 Å². The quantitative estimate of drug-likeness (QED) is 0.434. The number of likely N-dealkylation sites (tertiary alicyclic amines) is 1. The summed E-state index contributed by atoms with van der Waals surface area (Å²) in [5, 5.41) is 0.555. The summed E-state index contributed by atoms with van der Waals surface area (Å²) in [5.74, 6) is 2.19. The fourth-order valence-corrected chi connectivity index (χ4v) is 5.78. The van der Waals surface area contributed by atoms with E-state index in [0.717, 1.165) is 43.9 Å². The number of fused-ring (bicyclic) bond motifs is 5. The molecule has 6 nitrogen and oxygen atoms in total. The lowest BCUT2D eigenvalue weighted by Gasteiger charge is -2.42. The van der Waals surface area contributed by atoms with Gasteiger partial charge in [0.2, 0.25) is 5.43 Å². The smallest absolute Gasteiger partial charge is 0.250 e. The lowest BCUT2D eigenvalue weighted by Crippen LogP contribution is -2.48. The molecule has 2 aromatic heterocycles. The molecule has 6 heteroatoms. The normalized spacial score (nSPS) is 19.5. The van der Waals surface area contributed by atoms with Crippen LogP contribution in [0.25, 0.3) is 22.1 Å². The van der Waals surface area contributed by atoms with Gasteiger partial charge in [0.25, 0.3) is 5.56 Å². The number of rotatable bonds is 5. The Bertz CT molecular complexity index is 1510. The Kier molecular flexibility index (Phi) is 5.53. The highest BCUT2D eigenvalue weighted by Crippen LogP contribution is 2.34. The topological polar surface area (TPSA) is 64.7 Å². The van der Waals surface area contributed by atoms with Crippen molar-refractivity contribution < 1.29 is 9.15 Å². The Balaban J connectivity index is 1.15. The molecule has 2 atom stereocenters. The van der Waals surface area contributed by atoms with Gasteiger partial charge in [-0.15, -0.1) is 0 Å². The van der Waals surface area contributed by atoms with E-state index < -0.39 is 0 Å². The van der Waals surface area contributed by atoms with E-state index in [1.165, 1.54) is 0 Å². The summed E-state index contributed by atoms with van der Waals surface area (Å²) in [6.45, 7) is 5.93. The van der Waals surface area contributed by atoms with E-state index >= 15 is 0 Å². The van der Waals surface area contributed by atoms with E-state index in [4.69, 9.17) is 9.15 Å². The predicted molar refractivity (Wildman–Crippen MR) is 136 cm³/mol. The van der Waals surface area contributed by atoms with Gasteiger partial charge >= 0.3 is 0 Å². The maximum absolute atomic E-state index is 13.2. The van der Waals surface area contributed by atoms with Gasteiger partial charge in [0.05, 0.1) is 10.9 Å². The van der Waals surface area contributed by atoms with Gasteiger partial charge in [-0.05, 0) is 43.0 Å². The molecule has 0 radical (unpaired) electrons. The molecule has 2 bridgehead atoms. The number of hydrogen-bond acceptors (Lipinski definition) is 5. The van der Waals surface area contributed by atoms with E-state index in [-0.39, 0.29) is 11.0 Å². The zero-order valence-corrected chi connectivity index (χ0v) is 19.8. The highest BCUT2D eigenvalue weighted by Gasteiger charge is 2.34. The van der Waals surface area contributed by atoms with Crippen molar-refractivity contribution in [1.29, 1.82) is 0 Å². The van der Waals surface area contributed by atoms with Gasteiger partial charge in [0, 0.05) is 49.9 Å². The number of aryl methyl sites for hydroxylation is 1. The second kappa shape index (κ2) is 8.86. The number of piperidine rings is 1. The first-order valence-corrected chi connectivity index (χ1v) is 12.2. The first kappa shape index (κ1) is 21.9. The summed E-state index contributed by atoms with van der Waals surface area (Å²) < 4.78 is 14.1. The molecule has 0 amide bonds. The molecule has 4 aromatic rings. The number of nitrogens with zero attached hydrogens (tertiary/aromatic N) is 2. The third-order valence-electron chi connectivity index (χ3n) is 7.33. The van der Waals surface area contributed by atoms with Gasteiger partial charge < -0.3 is 13.7 Å². The lowest BCUT2D eigenvalue weighted by atomic mass is 9.83. The van der Waals surface area contributed by atoms with Crippen LogP contribution < -0.4 is 15.7 Å². The van der Waals surface area contributed by atoms with Gasteiger partial charge in [0.15, 0.2) is 0 Å². The van der Waals surface area contributed by atoms with Crippen LogP contribution in [0.2, 0.25) is 0 Å². The fourth-order valence-electron chi connectivity index (χ4n) is 5.78. The summed E-state index contributed by atoms with van der Waals surface area (Å²) >= 11 is 0. The average molecular weight is 469 g/mol. The Hall–Kier alpha value is -3.64. The van der Waals surface area contributed by atoms with Crippen LogP contribution >= 0.6 is 0 Å². The number of benzene rings is 2. The van der Waals surface area contributed by atoms with Crippen molar-refractivity contribution in [2.75, 3.05) is 26.2 Å². The molecule has 1 saturated heterocycles. The van der Waals surface area contributed by atoms with Crippen molar-refractivity contribution in [2.45, 2.75) is 25.8 Å². The standard InChI is InChI=1S/C29H28N2O4/c1-19-28(21-6-3-2-4-7-21)29(33)24-11-10-23(15-26(24)35-19)34-13-12-30-16-20-14-22(18-30)25-8-5-9-27(32)31(25)17-20/h2-11,15,20,22H,12-14,16-18H2,1H3/t20-,22-/m0/s1. The third kappa shape index (κ3) is 4.08. The number of pyridine rings is 1. The van der Waals surface area contributed by atoms with Crippen molar-refractivity contribution in [3.63, 3.8) is 0 Å². The predicted octanol–water partition coefficient (Wildman–Crippen LogP) is 4.43. The van der Waals surface area contributed by atoms with Crippen LogP contribution in [0, 0.1) is 12.8 Å². The molecule has 2 aromatic carbocycles. The van der Waals surface area contributed by atoms with Crippen LogP contribution in [0.5, 0.6) is 5.75 Å². The number of ether oxygens (including phenoxy) is 1. The minimum atomic E-state index is -0.0271. The molecule has 35 heavy (non-hydrogen) atoms. The molecule has 6 rings (SSSR count). The zero-order valence-electron chi connectivity index (χ0n) is 19.8. The average Bonchev–Trinajstić information content (AvgIpc) is 2.85. The largest absolute Gasteiger partial charge is 0.492 e. The third-order valence-corrected chi connectivity index (χ3v) is 7.33. The van der Waals surface area contributed by atoms with Crippen LogP contribution in [-0.4, -0.2) is 35.7 Å². The highest BCUT2D eigenvalue weighted by atomic mass is 16.5. The van der Waals surface area contributed by atoms with Gasteiger partial charge in [0.1, 0.15) is 23.7 Å².